The van der Waals surface area contributed by atoms with Crippen LogP contribution in [0, 0.1) is 6.92 Å². The molecule has 0 bridgehead atoms. The van der Waals surface area contributed by atoms with Gasteiger partial charge in [0, 0.05) is 10.6 Å². The molecule has 0 unspecified atom stereocenters. The summed E-state index contributed by atoms with van der Waals surface area (Å²) in [6.07, 6.45) is 1.60. The first-order chi connectivity index (χ1) is 12.2. The lowest BCUT2D eigenvalue weighted by atomic mass is 10.1. The molecule has 0 fully saturated rings. The molecular weight excluding hydrogens is 336 g/mol. The number of imidazole rings is 1. The second-order valence-electron chi connectivity index (χ2n) is 5.64. The Morgan fingerprint density at radius 3 is 2.88 bits per heavy atom. The minimum atomic E-state index is 0.578. The van der Waals surface area contributed by atoms with E-state index in [1.165, 1.54) is 0 Å². The number of aromatic amines is 1. The van der Waals surface area contributed by atoms with Gasteiger partial charge in [-0.05, 0) is 42.8 Å². The Bertz CT molecular complexity index is 1030. The van der Waals surface area contributed by atoms with E-state index in [1.807, 2.05) is 61.5 Å². The molecule has 0 saturated heterocycles. The van der Waals surface area contributed by atoms with Crippen LogP contribution in [0.15, 0.2) is 64.1 Å². The number of hydrogen-bond donors (Lipinski definition) is 2. The fourth-order valence-electron chi connectivity index (χ4n) is 2.49. The molecular formula is C19H15ClN4O. The number of halogens is 1. The molecule has 0 radical (unpaired) electrons. The van der Waals surface area contributed by atoms with Gasteiger partial charge < -0.3 is 9.40 Å². The summed E-state index contributed by atoms with van der Waals surface area (Å²) in [6.45, 7) is 1.97. The molecule has 0 aliphatic heterocycles. The largest absolute Gasteiger partial charge is 0.455 e. The molecule has 2 aromatic heterocycles. The zero-order chi connectivity index (χ0) is 17.2. The number of benzene rings is 2. The van der Waals surface area contributed by atoms with Crippen LogP contribution in [0.5, 0.6) is 0 Å². The van der Waals surface area contributed by atoms with Gasteiger partial charge in [-0.2, -0.15) is 5.10 Å². The van der Waals surface area contributed by atoms with Gasteiger partial charge in [0.2, 0.25) is 5.95 Å². The number of aromatic nitrogens is 2. The van der Waals surface area contributed by atoms with E-state index in [2.05, 4.69) is 20.5 Å². The summed E-state index contributed by atoms with van der Waals surface area (Å²) in [5, 5.41) is 4.88. The molecule has 0 saturated carbocycles. The third-order valence-electron chi connectivity index (χ3n) is 3.83. The summed E-state index contributed by atoms with van der Waals surface area (Å²) < 4.78 is 5.78. The zero-order valence-corrected chi connectivity index (χ0v) is 14.2. The lowest BCUT2D eigenvalue weighted by molar-refractivity contribution is 0.575. The molecule has 0 aliphatic carbocycles. The van der Waals surface area contributed by atoms with Gasteiger partial charge in [0.05, 0.1) is 17.2 Å². The van der Waals surface area contributed by atoms with E-state index in [9.17, 15) is 0 Å². The van der Waals surface area contributed by atoms with Crippen molar-refractivity contribution in [1.29, 1.82) is 0 Å². The first-order valence-electron chi connectivity index (χ1n) is 7.79. The van der Waals surface area contributed by atoms with E-state index < -0.39 is 0 Å². The number of H-pyrrole nitrogens is 1. The highest BCUT2D eigenvalue weighted by Crippen LogP contribution is 2.26. The first-order valence-corrected chi connectivity index (χ1v) is 8.17. The minimum absolute atomic E-state index is 0.578. The van der Waals surface area contributed by atoms with Crippen LogP contribution < -0.4 is 5.43 Å². The van der Waals surface area contributed by atoms with Crippen molar-refractivity contribution in [3.05, 3.63) is 70.9 Å². The maximum Gasteiger partial charge on any atom is 0.222 e. The Balaban J connectivity index is 1.48. The van der Waals surface area contributed by atoms with E-state index in [1.54, 1.807) is 6.21 Å². The summed E-state index contributed by atoms with van der Waals surface area (Å²) in [5.41, 5.74) is 6.68. The van der Waals surface area contributed by atoms with Crippen LogP contribution >= 0.6 is 11.6 Å². The Morgan fingerprint density at radius 2 is 2.04 bits per heavy atom. The molecule has 0 amide bonds. The predicted octanol–water partition coefficient (Wildman–Crippen LogP) is 5.23. The number of furan rings is 1. The van der Waals surface area contributed by atoms with E-state index in [0.29, 0.717) is 11.7 Å². The zero-order valence-electron chi connectivity index (χ0n) is 13.5. The number of para-hydroxylation sites is 2. The number of hydrogen-bond acceptors (Lipinski definition) is 4. The van der Waals surface area contributed by atoms with Crippen molar-refractivity contribution >= 4 is 34.8 Å². The molecule has 0 spiro atoms. The number of nitrogens with one attached hydrogen (secondary N) is 2. The van der Waals surface area contributed by atoms with Crippen molar-refractivity contribution in [3.63, 3.8) is 0 Å². The highest BCUT2D eigenvalue weighted by molar-refractivity contribution is 6.31. The van der Waals surface area contributed by atoms with Crippen LogP contribution in [0.2, 0.25) is 5.02 Å². The second kappa shape index (κ2) is 6.45. The summed E-state index contributed by atoms with van der Waals surface area (Å²) in [6, 6.07) is 17.4. The first kappa shape index (κ1) is 15.5. The maximum atomic E-state index is 6.17. The Labute approximate surface area is 149 Å². The van der Waals surface area contributed by atoms with Gasteiger partial charge in [-0.25, -0.2) is 10.4 Å². The van der Waals surface area contributed by atoms with Crippen molar-refractivity contribution in [2.75, 3.05) is 5.43 Å². The van der Waals surface area contributed by atoms with E-state index >= 15 is 0 Å². The Hall–Kier alpha value is -3.05. The van der Waals surface area contributed by atoms with Crippen LogP contribution in [0.25, 0.3) is 22.4 Å². The number of nitrogens with zero attached hydrogens (tertiary/aromatic N) is 2. The molecule has 6 heteroatoms. The van der Waals surface area contributed by atoms with Crippen molar-refractivity contribution in [1.82, 2.24) is 9.97 Å². The molecule has 124 valence electrons. The van der Waals surface area contributed by atoms with Crippen LogP contribution in [0.3, 0.4) is 0 Å². The van der Waals surface area contributed by atoms with Crippen LogP contribution in [0.1, 0.15) is 11.3 Å². The van der Waals surface area contributed by atoms with E-state index in [0.717, 1.165) is 32.9 Å². The van der Waals surface area contributed by atoms with Gasteiger partial charge in [0.15, 0.2) is 0 Å². The smallest absolute Gasteiger partial charge is 0.222 e. The van der Waals surface area contributed by atoms with Gasteiger partial charge in [-0.15, -0.1) is 0 Å². The number of anilines is 1. The van der Waals surface area contributed by atoms with Crippen molar-refractivity contribution in [2.24, 2.45) is 5.10 Å². The van der Waals surface area contributed by atoms with E-state index in [-0.39, 0.29) is 0 Å². The topological polar surface area (TPSA) is 66.2 Å². The molecule has 0 aliphatic rings. The van der Waals surface area contributed by atoms with Crippen molar-refractivity contribution in [3.8, 4) is 11.3 Å². The van der Waals surface area contributed by atoms with Gasteiger partial charge in [-0.3, -0.25) is 0 Å². The number of fused-ring (bicyclic) bond motifs is 1. The quantitative estimate of drug-likeness (QED) is 0.391. The number of rotatable bonds is 4. The van der Waals surface area contributed by atoms with Gasteiger partial charge >= 0.3 is 0 Å². The Kier molecular flexibility index (Phi) is 3.99. The normalized spacial score (nSPS) is 11.4. The summed E-state index contributed by atoms with van der Waals surface area (Å²) in [5.74, 6) is 1.96. The van der Waals surface area contributed by atoms with Crippen molar-refractivity contribution in [2.45, 2.75) is 6.92 Å². The van der Waals surface area contributed by atoms with E-state index in [4.69, 9.17) is 16.0 Å². The summed E-state index contributed by atoms with van der Waals surface area (Å²) in [7, 11) is 0. The average molecular weight is 351 g/mol. The second-order valence-corrected chi connectivity index (χ2v) is 6.05. The average Bonchev–Trinajstić information content (AvgIpc) is 3.24. The Morgan fingerprint density at radius 1 is 1.16 bits per heavy atom. The molecule has 0 atom stereocenters. The molecule has 25 heavy (non-hydrogen) atoms. The molecule has 5 nitrogen and oxygen atoms in total. The summed E-state index contributed by atoms with van der Waals surface area (Å²) >= 11 is 6.17. The van der Waals surface area contributed by atoms with Crippen LogP contribution in [0.4, 0.5) is 5.95 Å². The SMILES string of the molecule is Cc1ccc(-c2ccc(/C=N\Nc3nc4ccccc4[nH]3)o2)cc1Cl. The summed E-state index contributed by atoms with van der Waals surface area (Å²) in [4.78, 5) is 7.53. The van der Waals surface area contributed by atoms with Crippen molar-refractivity contribution < 1.29 is 4.42 Å². The third kappa shape index (κ3) is 3.27. The number of hydrazone groups is 1. The predicted molar refractivity (Wildman–Crippen MR) is 101 cm³/mol. The monoisotopic (exact) mass is 350 g/mol. The molecule has 2 heterocycles. The van der Waals surface area contributed by atoms with Gasteiger partial charge in [-0.1, -0.05) is 35.9 Å². The highest BCUT2D eigenvalue weighted by Gasteiger charge is 2.06. The fourth-order valence-corrected chi connectivity index (χ4v) is 2.67. The highest BCUT2D eigenvalue weighted by atomic mass is 35.5. The lowest BCUT2D eigenvalue weighted by Gasteiger charge is -2.00. The molecule has 2 N–H and O–H groups in total. The third-order valence-corrected chi connectivity index (χ3v) is 4.24. The molecule has 2 aromatic carbocycles. The molecule has 4 aromatic rings. The maximum absolute atomic E-state index is 6.17. The van der Waals surface area contributed by atoms with Gasteiger partial charge in [0.1, 0.15) is 11.5 Å². The van der Waals surface area contributed by atoms with Crippen LogP contribution in [-0.4, -0.2) is 16.2 Å². The lowest BCUT2D eigenvalue weighted by Crippen LogP contribution is -1.91. The standard InChI is InChI=1S/C19H15ClN4O/c1-12-6-7-13(10-15(12)20)18-9-8-14(25-18)11-21-24-19-22-16-4-2-3-5-17(16)23-19/h2-11H,1H3,(H2,22,23,24)/b21-11-. The minimum Gasteiger partial charge on any atom is -0.455 e. The fraction of sp³-hybridized carbons (Fsp3) is 0.0526. The van der Waals surface area contributed by atoms with Gasteiger partial charge in [0.25, 0.3) is 0 Å². The number of aryl methyl sites for hydroxylation is 1. The molecule has 4 rings (SSSR count). The van der Waals surface area contributed by atoms with Crippen LogP contribution in [-0.2, 0) is 0 Å².